The molecule has 4 N–H and O–H groups in total. The molecular formula is C69H126O16P2. The Morgan fingerprint density at radius 1 is 0.322 bits per heavy atom. The van der Waals surface area contributed by atoms with Gasteiger partial charge in [-0.2, -0.15) is 0 Å². The molecule has 0 aromatic heterocycles. The van der Waals surface area contributed by atoms with Crippen LogP contribution in [0.3, 0.4) is 0 Å². The van der Waals surface area contributed by atoms with E-state index in [-0.39, 0.29) is 19.3 Å². The minimum absolute atomic E-state index is 0.108. The average molecular weight is 1270 g/mol. The van der Waals surface area contributed by atoms with Gasteiger partial charge >= 0.3 is 33.6 Å². The van der Waals surface area contributed by atoms with E-state index in [0.717, 1.165) is 116 Å². The third kappa shape index (κ3) is 64.6. The van der Waals surface area contributed by atoms with Crippen molar-refractivity contribution in [2.24, 2.45) is 0 Å². The van der Waals surface area contributed by atoms with Gasteiger partial charge in [0.2, 0.25) is 0 Å². The molecule has 0 fully saturated rings. The number of ether oxygens (including phenoxy) is 3. The first kappa shape index (κ1) is 84.2. The van der Waals surface area contributed by atoms with E-state index in [4.69, 9.17) is 32.3 Å². The van der Waals surface area contributed by atoms with Gasteiger partial charge in [0.25, 0.3) is 0 Å². The molecule has 0 aliphatic rings. The number of phosphoric ester groups is 2. The summed E-state index contributed by atoms with van der Waals surface area (Å²) in [5, 5.41) is 20.5. The predicted molar refractivity (Wildman–Crippen MR) is 353 cm³/mol. The number of hydrogen-bond acceptors (Lipinski definition) is 14. The summed E-state index contributed by atoms with van der Waals surface area (Å²) in [5.41, 5.74) is 0. The van der Waals surface area contributed by atoms with E-state index >= 15 is 0 Å². The third-order valence-corrected chi connectivity index (χ3v) is 16.6. The normalized spacial score (nSPS) is 14.6. The molecule has 5 unspecified atom stereocenters. The molecule has 87 heavy (non-hydrogen) atoms. The Hall–Kier alpha value is -2.75. The standard InChI is InChI=1S/C69H126O16P2/c1-4-7-10-13-16-19-22-24-26-27-28-29-30-31-32-33-34-35-37-39-41-43-46-49-52-55-67(72)79-58-64(70)59-81-86(75,76)82-60-65(71)61-83-87(77,78)84-63-66(85-69(74)57-54-51-48-45-40-21-18-15-12-9-6-3)62-80-68(73)56-53-50-47-44-42-38-36-25-23-20-17-14-11-8-5-2/h16,19,24-26,28-29,31-32,36,64-66,70-71H,4-15,17-18,20-23,27,30,33-35,37-63H2,1-3H3,(H,75,76)(H,77,78)/b19-16-,26-24-,29-28-,32-31-,36-25-. The van der Waals surface area contributed by atoms with Crippen LogP contribution >= 0.6 is 15.6 Å². The number of carbonyl (C=O) groups is 3. The molecule has 18 heteroatoms. The Balaban J connectivity index is 4.48. The lowest BCUT2D eigenvalue weighted by Crippen LogP contribution is -2.30. The molecule has 0 aromatic rings. The Morgan fingerprint density at radius 3 is 0.943 bits per heavy atom. The van der Waals surface area contributed by atoms with Crippen LogP contribution in [0.2, 0.25) is 0 Å². The van der Waals surface area contributed by atoms with Gasteiger partial charge in [-0.25, -0.2) is 9.13 Å². The van der Waals surface area contributed by atoms with Crippen molar-refractivity contribution in [1.29, 1.82) is 0 Å². The van der Waals surface area contributed by atoms with Gasteiger partial charge in [-0.05, 0) is 89.9 Å². The van der Waals surface area contributed by atoms with Crippen LogP contribution in [-0.4, -0.2) is 95.9 Å². The molecule has 5 atom stereocenters. The molecule has 0 heterocycles. The second-order valence-electron chi connectivity index (χ2n) is 23.3. The second-order valence-corrected chi connectivity index (χ2v) is 26.2. The molecule has 0 aliphatic heterocycles. The zero-order valence-corrected chi connectivity index (χ0v) is 56.7. The number of phosphoric acid groups is 2. The maximum Gasteiger partial charge on any atom is 0.472 e. The van der Waals surface area contributed by atoms with Gasteiger partial charge < -0.3 is 34.2 Å². The Kier molecular flexibility index (Phi) is 61.4. The van der Waals surface area contributed by atoms with E-state index in [1.165, 1.54) is 128 Å². The number of aliphatic hydroxyl groups is 2. The van der Waals surface area contributed by atoms with Gasteiger partial charge in [0.05, 0.1) is 26.4 Å². The molecule has 508 valence electrons. The summed E-state index contributed by atoms with van der Waals surface area (Å²) >= 11 is 0. The maximum atomic E-state index is 12.9. The predicted octanol–water partition coefficient (Wildman–Crippen LogP) is 19.0. The number of esters is 3. The van der Waals surface area contributed by atoms with Crippen molar-refractivity contribution in [2.45, 2.75) is 322 Å². The van der Waals surface area contributed by atoms with Crippen LogP contribution in [-0.2, 0) is 55.8 Å². The lowest BCUT2D eigenvalue weighted by molar-refractivity contribution is -0.161. The highest BCUT2D eigenvalue weighted by Crippen LogP contribution is 2.45. The molecule has 0 radical (unpaired) electrons. The topological polar surface area (TPSA) is 231 Å². The van der Waals surface area contributed by atoms with Crippen molar-refractivity contribution in [2.75, 3.05) is 39.6 Å². The van der Waals surface area contributed by atoms with Crippen molar-refractivity contribution in [1.82, 2.24) is 0 Å². The lowest BCUT2D eigenvalue weighted by Gasteiger charge is -2.21. The first-order valence-corrected chi connectivity index (χ1v) is 37.6. The van der Waals surface area contributed by atoms with Gasteiger partial charge in [-0.1, -0.05) is 255 Å². The van der Waals surface area contributed by atoms with Gasteiger partial charge in [-0.3, -0.25) is 32.5 Å². The van der Waals surface area contributed by atoms with Crippen molar-refractivity contribution >= 4 is 33.6 Å². The minimum Gasteiger partial charge on any atom is -0.463 e. The van der Waals surface area contributed by atoms with Gasteiger partial charge in [0.15, 0.2) is 6.10 Å². The van der Waals surface area contributed by atoms with Crippen LogP contribution in [0.25, 0.3) is 0 Å². The number of unbranched alkanes of at least 4 members (excludes halogenated alkanes) is 33. The van der Waals surface area contributed by atoms with Crippen LogP contribution in [0.1, 0.15) is 303 Å². The summed E-state index contributed by atoms with van der Waals surface area (Å²) in [5.74, 6) is -1.58. The summed E-state index contributed by atoms with van der Waals surface area (Å²) in [6.45, 7) is 2.64. The highest BCUT2D eigenvalue weighted by molar-refractivity contribution is 7.47. The van der Waals surface area contributed by atoms with Gasteiger partial charge in [0.1, 0.15) is 25.4 Å². The van der Waals surface area contributed by atoms with E-state index in [9.17, 15) is 43.5 Å². The van der Waals surface area contributed by atoms with Crippen LogP contribution in [0.4, 0.5) is 0 Å². The number of hydrogen-bond donors (Lipinski definition) is 4. The zero-order chi connectivity index (χ0) is 63.8. The van der Waals surface area contributed by atoms with E-state index in [0.29, 0.717) is 19.3 Å². The van der Waals surface area contributed by atoms with Crippen molar-refractivity contribution in [3.8, 4) is 0 Å². The van der Waals surface area contributed by atoms with Gasteiger partial charge in [0, 0.05) is 19.3 Å². The zero-order valence-electron chi connectivity index (χ0n) is 54.9. The Bertz CT molecular complexity index is 1840. The molecular weight excluding hydrogens is 1150 g/mol. The van der Waals surface area contributed by atoms with Crippen LogP contribution in [0.15, 0.2) is 60.8 Å². The molecule has 0 amide bonds. The SMILES string of the molecule is CCCCC/C=C\C/C=C\C/C=C\C/C=C\CCCCCCCCCCCC(=O)OCC(O)COP(=O)(O)OCC(O)COP(=O)(O)OCC(COC(=O)CCCCCCC/C=C\CCCCCCCC)OC(=O)CCCCCCCCCCCCC. The summed E-state index contributed by atoms with van der Waals surface area (Å²) in [6.07, 6.45) is 64.2. The highest BCUT2D eigenvalue weighted by Gasteiger charge is 2.29. The minimum atomic E-state index is -4.91. The molecule has 0 spiro atoms. The smallest absolute Gasteiger partial charge is 0.463 e. The first-order valence-electron chi connectivity index (χ1n) is 34.6. The second kappa shape index (κ2) is 63.4. The van der Waals surface area contributed by atoms with Crippen LogP contribution in [0.5, 0.6) is 0 Å². The number of rotatable bonds is 66. The molecule has 0 saturated carbocycles. The summed E-state index contributed by atoms with van der Waals surface area (Å²) < 4.78 is 60.8. The number of aliphatic hydroxyl groups excluding tert-OH is 2. The van der Waals surface area contributed by atoms with E-state index in [1.807, 2.05) is 0 Å². The fraction of sp³-hybridized carbons (Fsp3) is 0.812. The summed E-state index contributed by atoms with van der Waals surface area (Å²) in [6, 6.07) is 0. The quantitative estimate of drug-likeness (QED) is 0.0146. The molecule has 0 aliphatic carbocycles. The number of allylic oxidation sites excluding steroid dienone is 10. The monoisotopic (exact) mass is 1270 g/mol. The molecule has 0 aromatic carbocycles. The van der Waals surface area contributed by atoms with E-state index in [1.54, 1.807) is 0 Å². The highest BCUT2D eigenvalue weighted by atomic mass is 31.2. The average Bonchev–Trinajstić information content (AvgIpc) is 3.56. The molecule has 0 rings (SSSR count). The lowest BCUT2D eigenvalue weighted by atomic mass is 10.1. The van der Waals surface area contributed by atoms with Crippen molar-refractivity contribution in [3.63, 3.8) is 0 Å². The first-order chi connectivity index (χ1) is 42.2. The largest absolute Gasteiger partial charge is 0.472 e. The van der Waals surface area contributed by atoms with Gasteiger partial charge in [-0.15, -0.1) is 0 Å². The van der Waals surface area contributed by atoms with E-state index in [2.05, 4.69) is 81.5 Å². The molecule has 0 bridgehead atoms. The molecule has 16 nitrogen and oxygen atoms in total. The maximum absolute atomic E-state index is 12.9. The van der Waals surface area contributed by atoms with Crippen molar-refractivity contribution < 1.29 is 75.8 Å². The fourth-order valence-corrected chi connectivity index (χ4v) is 11.0. The fourth-order valence-electron chi connectivity index (χ4n) is 9.37. The van der Waals surface area contributed by atoms with E-state index < -0.39 is 91.5 Å². The summed E-state index contributed by atoms with van der Waals surface area (Å²) in [7, 11) is -9.76. The van der Waals surface area contributed by atoms with Crippen LogP contribution < -0.4 is 0 Å². The van der Waals surface area contributed by atoms with Crippen molar-refractivity contribution in [3.05, 3.63) is 60.8 Å². The molecule has 0 saturated heterocycles. The Morgan fingerprint density at radius 2 is 0.575 bits per heavy atom. The third-order valence-electron chi connectivity index (χ3n) is 14.7. The number of carbonyl (C=O) groups excluding carboxylic acids is 3. The summed E-state index contributed by atoms with van der Waals surface area (Å²) in [4.78, 5) is 58.2. The van der Waals surface area contributed by atoms with Crippen LogP contribution in [0, 0.1) is 0 Å². The Labute approximate surface area is 529 Å².